The Labute approximate surface area is 264 Å². The molecule has 0 bridgehead atoms. The van der Waals surface area contributed by atoms with E-state index < -0.39 is 0 Å². The molecule has 0 radical (unpaired) electrons. The summed E-state index contributed by atoms with van der Waals surface area (Å²) in [4.78, 5) is 4.76. The van der Waals surface area contributed by atoms with Gasteiger partial charge in [-0.05, 0) is 101 Å². The van der Waals surface area contributed by atoms with Crippen molar-refractivity contribution in [1.82, 2.24) is 0 Å². The van der Waals surface area contributed by atoms with E-state index in [0.29, 0.717) is 46.6 Å². The van der Waals surface area contributed by atoms with E-state index in [1.54, 1.807) is 12.1 Å². The number of aliphatic imine (C=N–C) groups is 1. The second-order valence-electron chi connectivity index (χ2n) is 10.2. The van der Waals surface area contributed by atoms with Crippen molar-refractivity contribution >= 4 is 63.4 Å². The lowest BCUT2D eigenvalue weighted by Crippen LogP contribution is -2.28. The summed E-state index contributed by atoms with van der Waals surface area (Å²) in [7, 11) is 0. The number of nitrogens with zero attached hydrogens (tertiary/aromatic N) is 1. The van der Waals surface area contributed by atoms with Crippen molar-refractivity contribution in [3.63, 3.8) is 0 Å². The van der Waals surface area contributed by atoms with Gasteiger partial charge in [0.2, 0.25) is 0 Å². The first-order valence-corrected chi connectivity index (χ1v) is 15.5. The van der Waals surface area contributed by atoms with Crippen LogP contribution in [0.5, 0.6) is 11.5 Å². The first kappa shape index (κ1) is 28.1. The second-order valence-corrected chi connectivity index (χ2v) is 12.2. The highest BCUT2D eigenvalue weighted by molar-refractivity contribution is 14.1. The summed E-state index contributed by atoms with van der Waals surface area (Å²) in [6, 6.07) is 26.9. The predicted molar refractivity (Wildman–Crippen MR) is 178 cm³/mol. The number of rotatable bonds is 8. The Balaban J connectivity index is 1.18. The van der Waals surface area contributed by atoms with Gasteiger partial charge in [-0.15, -0.1) is 0 Å². The normalized spacial score (nSPS) is 19.1. The van der Waals surface area contributed by atoms with Crippen LogP contribution in [0.2, 0.25) is 10.0 Å². The second kappa shape index (κ2) is 12.5. The highest BCUT2D eigenvalue weighted by atomic mass is 127. The number of allylic oxidation sites excluding steroid dienone is 2. The van der Waals surface area contributed by atoms with E-state index in [0.717, 1.165) is 26.8 Å². The van der Waals surface area contributed by atoms with Gasteiger partial charge in [0.25, 0.3) is 0 Å². The molecule has 0 unspecified atom stereocenters. The van der Waals surface area contributed by atoms with E-state index >= 15 is 0 Å². The third kappa shape index (κ3) is 6.13. The molecule has 1 aliphatic carbocycles. The van der Waals surface area contributed by atoms with E-state index in [1.807, 2.05) is 31.3 Å². The summed E-state index contributed by atoms with van der Waals surface area (Å²) in [5.41, 5.74) is 6.61. The smallest absolute Gasteiger partial charge is 0.175 e. The fraction of sp³-hybridized carbons (Fsp3) is 0.206. The van der Waals surface area contributed by atoms with Crippen molar-refractivity contribution in [3.8, 4) is 11.5 Å². The maximum Gasteiger partial charge on any atom is 0.175 e. The van der Waals surface area contributed by atoms with Crippen molar-refractivity contribution in [2.24, 2.45) is 10.9 Å². The van der Waals surface area contributed by atoms with Crippen LogP contribution < -0.4 is 14.8 Å². The van der Waals surface area contributed by atoms with E-state index in [9.17, 15) is 0 Å². The zero-order valence-corrected chi connectivity index (χ0v) is 26.2. The summed E-state index contributed by atoms with van der Waals surface area (Å²) in [6.07, 6.45) is 7.65. The molecule has 0 fully saturated rings. The number of benzene rings is 4. The molecular weight excluding hydrogens is 666 g/mol. The van der Waals surface area contributed by atoms with Gasteiger partial charge in [0, 0.05) is 33.4 Å². The fourth-order valence-corrected chi connectivity index (χ4v) is 6.89. The van der Waals surface area contributed by atoms with Crippen LogP contribution in [0.1, 0.15) is 47.6 Å². The van der Waals surface area contributed by atoms with Crippen molar-refractivity contribution in [2.75, 3.05) is 11.9 Å². The van der Waals surface area contributed by atoms with E-state index in [-0.39, 0.29) is 6.04 Å². The van der Waals surface area contributed by atoms with Crippen molar-refractivity contribution in [3.05, 3.63) is 127 Å². The summed E-state index contributed by atoms with van der Waals surface area (Å²) in [6.45, 7) is 2.79. The molecule has 1 aliphatic heterocycles. The molecule has 208 valence electrons. The lowest BCUT2D eigenvalue weighted by molar-refractivity contribution is 0.267. The lowest BCUT2D eigenvalue weighted by Gasteiger charge is -2.37. The van der Waals surface area contributed by atoms with Gasteiger partial charge in [-0.25, -0.2) is 0 Å². The van der Waals surface area contributed by atoms with Crippen LogP contribution in [0.15, 0.2) is 96.0 Å². The Hall–Kier alpha value is -3.00. The fourth-order valence-electron chi connectivity index (χ4n) is 5.64. The zero-order chi connectivity index (χ0) is 28.3. The molecule has 1 N–H and O–H groups in total. The van der Waals surface area contributed by atoms with Gasteiger partial charge < -0.3 is 14.8 Å². The van der Waals surface area contributed by atoms with E-state index in [1.165, 1.54) is 16.8 Å². The van der Waals surface area contributed by atoms with E-state index in [2.05, 4.69) is 88.6 Å². The van der Waals surface area contributed by atoms with Gasteiger partial charge in [-0.3, -0.25) is 4.99 Å². The Morgan fingerprint density at radius 2 is 1.83 bits per heavy atom. The van der Waals surface area contributed by atoms with Gasteiger partial charge in [-0.2, -0.15) is 0 Å². The number of ether oxygens (including phenoxy) is 2. The molecule has 0 aromatic heterocycles. The molecule has 7 heteroatoms. The average molecular weight is 695 g/mol. The van der Waals surface area contributed by atoms with Crippen molar-refractivity contribution in [1.29, 1.82) is 0 Å². The standard InChI is InChI=1S/C34H29Cl2IN2O2/c1-2-40-32-17-21(16-30(37)34(32)41-20-23-10-13-24(35)18-29(23)36)19-38-25-14-11-22(12-15-25)33-28-8-5-7-26(28)27-6-3-4-9-31(27)39-33/h3-7,9-19,26,28,33,39H,2,8,20H2,1H3/t26-,28+,33-/m0/s1. The predicted octanol–water partition coefficient (Wildman–Crippen LogP) is 10.2. The molecule has 0 amide bonds. The topological polar surface area (TPSA) is 42.8 Å². The molecule has 4 aromatic carbocycles. The Bertz CT molecular complexity index is 1620. The third-order valence-electron chi connectivity index (χ3n) is 7.61. The quantitative estimate of drug-likeness (QED) is 0.113. The molecule has 0 saturated heterocycles. The number of nitrogens with one attached hydrogen (secondary N) is 1. The Kier molecular flexibility index (Phi) is 8.56. The minimum absolute atomic E-state index is 0.272. The summed E-state index contributed by atoms with van der Waals surface area (Å²) in [5.74, 6) is 2.34. The molecule has 2 aliphatic rings. The molecule has 4 nitrogen and oxygen atoms in total. The number of hydrogen-bond acceptors (Lipinski definition) is 4. The van der Waals surface area contributed by atoms with Crippen LogP contribution in [-0.4, -0.2) is 12.8 Å². The molecule has 1 heterocycles. The summed E-state index contributed by atoms with van der Waals surface area (Å²) in [5, 5.41) is 4.97. The van der Waals surface area contributed by atoms with Crippen LogP contribution in [0.25, 0.3) is 0 Å². The maximum atomic E-state index is 6.34. The number of anilines is 1. The van der Waals surface area contributed by atoms with Crippen LogP contribution in [0.3, 0.4) is 0 Å². The SMILES string of the molecule is CCOc1cc(C=Nc2ccc([C@@H]3Nc4ccccc4[C@@H]4C=CC[C@H]43)cc2)cc(I)c1OCc1ccc(Cl)cc1Cl. The highest BCUT2D eigenvalue weighted by Gasteiger charge is 2.37. The molecule has 6 rings (SSSR count). The first-order chi connectivity index (χ1) is 20.0. The molecule has 0 spiro atoms. The average Bonchev–Trinajstić information content (AvgIpc) is 3.47. The van der Waals surface area contributed by atoms with Crippen molar-refractivity contribution < 1.29 is 9.47 Å². The minimum atomic E-state index is 0.272. The summed E-state index contributed by atoms with van der Waals surface area (Å²) < 4.78 is 13.0. The molecular formula is C34H29Cl2IN2O2. The zero-order valence-electron chi connectivity index (χ0n) is 22.5. The van der Waals surface area contributed by atoms with Gasteiger partial charge in [0.05, 0.1) is 21.9 Å². The Morgan fingerprint density at radius 1 is 1.00 bits per heavy atom. The molecule has 41 heavy (non-hydrogen) atoms. The maximum absolute atomic E-state index is 6.34. The number of halogens is 3. The Morgan fingerprint density at radius 3 is 2.63 bits per heavy atom. The molecule has 0 saturated carbocycles. The van der Waals surface area contributed by atoms with Crippen LogP contribution in [-0.2, 0) is 6.61 Å². The van der Waals surface area contributed by atoms with Crippen LogP contribution in [0, 0.1) is 9.49 Å². The van der Waals surface area contributed by atoms with E-state index in [4.69, 9.17) is 37.7 Å². The largest absolute Gasteiger partial charge is 0.490 e. The van der Waals surface area contributed by atoms with Crippen molar-refractivity contribution in [2.45, 2.75) is 31.9 Å². The van der Waals surface area contributed by atoms with Gasteiger partial charge in [0.15, 0.2) is 11.5 Å². The summed E-state index contributed by atoms with van der Waals surface area (Å²) >= 11 is 14.6. The molecule has 3 atom stereocenters. The number of hydrogen-bond donors (Lipinski definition) is 1. The van der Waals surface area contributed by atoms with Gasteiger partial charge in [-0.1, -0.05) is 71.8 Å². The number of para-hydroxylation sites is 1. The number of fused-ring (bicyclic) bond motifs is 3. The monoisotopic (exact) mass is 694 g/mol. The lowest BCUT2D eigenvalue weighted by atomic mass is 9.77. The van der Waals surface area contributed by atoms with Crippen LogP contribution in [0.4, 0.5) is 11.4 Å². The van der Waals surface area contributed by atoms with Crippen LogP contribution >= 0.6 is 45.8 Å². The third-order valence-corrected chi connectivity index (χ3v) is 8.99. The highest BCUT2D eigenvalue weighted by Crippen LogP contribution is 2.49. The molecule has 4 aromatic rings. The van der Waals surface area contributed by atoms with Gasteiger partial charge >= 0.3 is 0 Å². The first-order valence-electron chi connectivity index (χ1n) is 13.7. The van der Waals surface area contributed by atoms with Gasteiger partial charge in [0.1, 0.15) is 6.61 Å². The minimum Gasteiger partial charge on any atom is -0.490 e.